The molecule has 2 aromatic rings. The Morgan fingerprint density at radius 1 is 1.30 bits per heavy atom. The first-order chi connectivity index (χ1) is 13.0. The number of primary amides is 1. The number of anilines is 3. The van der Waals surface area contributed by atoms with Gasteiger partial charge in [0.2, 0.25) is 0 Å². The minimum Gasteiger partial charge on any atom is -0.365 e. The van der Waals surface area contributed by atoms with Crippen LogP contribution in [-0.2, 0) is 0 Å². The predicted molar refractivity (Wildman–Crippen MR) is 104 cm³/mol. The van der Waals surface area contributed by atoms with Crippen molar-refractivity contribution in [1.29, 1.82) is 0 Å². The number of nitrogens with two attached hydrogens (primary N) is 1. The van der Waals surface area contributed by atoms with Gasteiger partial charge in [0.05, 0.1) is 23.6 Å². The number of amides is 1. The summed E-state index contributed by atoms with van der Waals surface area (Å²) in [6, 6.07) is 5.40. The summed E-state index contributed by atoms with van der Waals surface area (Å²) in [7, 11) is 3.98. The molecule has 0 aliphatic heterocycles. The van der Waals surface area contributed by atoms with Gasteiger partial charge in [0.15, 0.2) is 0 Å². The molecule has 2 heterocycles. The van der Waals surface area contributed by atoms with Gasteiger partial charge < -0.3 is 21.3 Å². The van der Waals surface area contributed by atoms with Crippen molar-refractivity contribution in [3.05, 3.63) is 42.0 Å². The van der Waals surface area contributed by atoms with Gasteiger partial charge in [-0.3, -0.25) is 9.78 Å². The van der Waals surface area contributed by atoms with Gasteiger partial charge >= 0.3 is 0 Å². The van der Waals surface area contributed by atoms with Crippen molar-refractivity contribution in [2.24, 2.45) is 5.73 Å². The van der Waals surface area contributed by atoms with Gasteiger partial charge in [-0.1, -0.05) is 12.8 Å². The van der Waals surface area contributed by atoms with Gasteiger partial charge in [0, 0.05) is 25.2 Å². The molecule has 0 aromatic carbocycles. The van der Waals surface area contributed by atoms with Crippen LogP contribution in [0.2, 0.25) is 0 Å². The highest BCUT2D eigenvalue weighted by atomic mass is 19.1. The van der Waals surface area contributed by atoms with E-state index in [2.05, 4.69) is 25.5 Å². The number of halogens is 1. The summed E-state index contributed by atoms with van der Waals surface area (Å²) in [5, 5.41) is 6.35. The van der Waals surface area contributed by atoms with Crippen LogP contribution in [0.1, 0.15) is 36.0 Å². The van der Waals surface area contributed by atoms with Crippen LogP contribution in [0.15, 0.2) is 30.6 Å². The van der Waals surface area contributed by atoms with Gasteiger partial charge in [-0.25, -0.2) is 9.37 Å². The molecule has 1 fully saturated rings. The molecular formula is C19H25FN6O. The number of nitrogens with zero attached hydrogens (tertiary/aromatic N) is 3. The molecule has 2 aromatic heterocycles. The number of likely N-dealkylation sites (N-methyl/N-ethyl adjacent to an activating group) is 2. The second kappa shape index (κ2) is 8.30. The van der Waals surface area contributed by atoms with Crippen LogP contribution >= 0.6 is 0 Å². The lowest BCUT2D eigenvalue weighted by Gasteiger charge is -2.38. The minimum absolute atomic E-state index is 0.241. The Labute approximate surface area is 158 Å². The molecule has 3 rings (SSSR count). The Kier molecular flexibility index (Phi) is 5.85. The fourth-order valence-corrected chi connectivity index (χ4v) is 3.64. The van der Waals surface area contributed by atoms with Crippen molar-refractivity contribution in [2.75, 3.05) is 24.3 Å². The molecule has 2 unspecified atom stereocenters. The zero-order chi connectivity index (χ0) is 19.4. The molecule has 0 spiro atoms. The molecule has 1 amide bonds. The van der Waals surface area contributed by atoms with E-state index in [4.69, 9.17) is 5.73 Å². The van der Waals surface area contributed by atoms with E-state index in [-0.39, 0.29) is 11.4 Å². The molecule has 0 bridgehead atoms. The van der Waals surface area contributed by atoms with Gasteiger partial charge in [-0.2, -0.15) is 0 Å². The molecule has 1 aliphatic carbocycles. The summed E-state index contributed by atoms with van der Waals surface area (Å²) in [6.45, 7) is 0. The largest absolute Gasteiger partial charge is 0.365 e. The average Bonchev–Trinajstić information content (AvgIpc) is 2.67. The quantitative estimate of drug-likeness (QED) is 0.721. The number of hydrogen-bond acceptors (Lipinski definition) is 6. The lowest BCUT2D eigenvalue weighted by Crippen LogP contribution is -2.49. The SMILES string of the molecule is CNC1CCCCC1N(C)c1ccc(C(N)=O)c(Nc2cncc(F)c2)n1. The van der Waals surface area contributed by atoms with Crippen LogP contribution in [0.3, 0.4) is 0 Å². The highest BCUT2D eigenvalue weighted by molar-refractivity contribution is 5.98. The molecule has 27 heavy (non-hydrogen) atoms. The summed E-state index contributed by atoms with van der Waals surface area (Å²) in [5.74, 6) is -0.0719. The summed E-state index contributed by atoms with van der Waals surface area (Å²) < 4.78 is 13.4. The third-order valence-corrected chi connectivity index (χ3v) is 5.07. The van der Waals surface area contributed by atoms with Crippen LogP contribution in [0, 0.1) is 5.82 Å². The molecule has 4 N–H and O–H groups in total. The van der Waals surface area contributed by atoms with E-state index in [1.54, 1.807) is 12.1 Å². The number of carbonyl (C=O) groups is 1. The summed E-state index contributed by atoms with van der Waals surface area (Å²) in [6.07, 6.45) is 7.14. The summed E-state index contributed by atoms with van der Waals surface area (Å²) >= 11 is 0. The van der Waals surface area contributed by atoms with E-state index in [0.717, 1.165) is 24.9 Å². The Hall–Kier alpha value is -2.74. The fraction of sp³-hybridized carbons (Fsp3) is 0.421. The van der Waals surface area contributed by atoms with Crippen LogP contribution in [0.5, 0.6) is 0 Å². The topological polar surface area (TPSA) is 96.2 Å². The number of hydrogen-bond donors (Lipinski definition) is 3. The number of carbonyl (C=O) groups excluding carboxylic acids is 1. The lowest BCUT2D eigenvalue weighted by atomic mass is 9.89. The maximum atomic E-state index is 13.4. The third kappa shape index (κ3) is 4.33. The average molecular weight is 372 g/mol. The van der Waals surface area contributed by atoms with Crippen molar-refractivity contribution in [1.82, 2.24) is 15.3 Å². The zero-order valence-corrected chi connectivity index (χ0v) is 15.6. The van der Waals surface area contributed by atoms with Gasteiger partial charge in [0.1, 0.15) is 17.5 Å². The van der Waals surface area contributed by atoms with E-state index in [1.807, 2.05) is 14.1 Å². The molecule has 0 saturated heterocycles. The summed E-state index contributed by atoms with van der Waals surface area (Å²) in [4.78, 5) is 22.3. The van der Waals surface area contributed by atoms with Crippen LogP contribution in [0.25, 0.3) is 0 Å². The normalized spacial score (nSPS) is 19.5. The van der Waals surface area contributed by atoms with Crippen LogP contribution < -0.4 is 21.3 Å². The van der Waals surface area contributed by atoms with E-state index in [1.165, 1.54) is 25.1 Å². The highest BCUT2D eigenvalue weighted by Gasteiger charge is 2.28. The van der Waals surface area contributed by atoms with Crippen LogP contribution in [-0.4, -0.2) is 42.1 Å². The zero-order valence-electron chi connectivity index (χ0n) is 15.6. The van der Waals surface area contributed by atoms with Crippen molar-refractivity contribution in [3.63, 3.8) is 0 Å². The van der Waals surface area contributed by atoms with Crippen molar-refractivity contribution >= 4 is 23.2 Å². The maximum Gasteiger partial charge on any atom is 0.252 e. The monoisotopic (exact) mass is 372 g/mol. The molecule has 0 radical (unpaired) electrons. The Morgan fingerprint density at radius 2 is 2.07 bits per heavy atom. The summed E-state index contributed by atoms with van der Waals surface area (Å²) in [5.41, 5.74) is 6.12. The minimum atomic E-state index is -0.602. The second-order valence-corrected chi connectivity index (χ2v) is 6.80. The van der Waals surface area contributed by atoms with Gasteiger partial charge in [-0.05, 0) is 32.0 Å². The standard InChI is InChI=1S/C19H25FN6O/c1-22-15-5-3-4-6-16(15)26(2)17-8-7-14(18(21)27)19(25-17)24-13-9-12(20)10-23-11-13/h7-11,15-16,22H,3-6H2,1-2H3,(H2,21,27)(H,24,25). The Bertz CT molecular complexity index is 815. The molecular weight excluding hydrogens is 347 g/mol. The first kappa shape index (κ1) is 19.0. The van der Waals surface area contributed by atoms with E-state index in [0.29, 0.717) is 17.8 Å². The fourth-order valence-electron chi connectivity index (χ4n) is 3.64. The van der Waals surface area contributed by atoms with E-state index >= 15 is 0 Å². The Morgan fingerprint density at radius 3 is 2.78 bits per heavy atom. The second-order valence-electron chi connectivity index (χ2n) is 6.80. The molecule has 1 saturated carbocycles. The van der Waals surface area contributed by atoms with Crippen LogP contribution in [0.4, 0.5) is 21.7 Å². The van der Waals surface area contributed by atoms with Crippen molar-refractivity contribution in [3.8, 4) is 0 Å². The maximum absolute atomic E-state index is 13.4. The van der Waals surface area contributed by atoms with Crippen molar-refractivity contribution < 1.29 is 9.18 Å². The molecule has 8 heteroatoms. The smallest absolute Gasteiger partial charge is 0.252 e. The first-order valence-electron chi connectivity index (χ1n) is 9.08. The molecule has 2 atom stereocenters. The Balaban J connectivity index is 1.91. The van der Waals surface area contributed by atoms with Crippen molar-refractivity contribution in [2.45, 2.75) is 37.8 Å². The lowest BCUT2D eigenvalue weighted by molar-refractivity contribution is 0.100. The number of rotatable bonds is 6. The predicted octanol–water partition coefficient (Wildman–Crippen LogP) is 2.42. The van der Waals surface area contributed by atoms with Gasteiger partial charge in [0.25, 0.3) is 5.91 Å². The van der Waals surface area contributed by atoms with Gasteiger partial charge in [-0.15, -0.1) is 0 Å². The van der Waals surface area contributed by atoms with E-state index in [9.17, 15) is 9.18 Å². The first-order valence-corrected chi connectivity index (χ1v) is 9.08. The number of nitrogens with one attached hydrogen (secondary N) is 2. The molecule has 144 valence electrons. The number of pyridine rings is 2. The number of aromatic nitrogens is 2. The highest BCUT2D eigenvalue weighted by Crippen LogP contribution is 2.28. The van der Waals surface area contributed by atoms with E-state index < -0.39 is 11.7 Å². The molecule has 1 aliphatic rings. The third-order valence-electron chi connectivity index (χ3n) is 5.07. The molecule has 7 nitrogen and oxygen atoms in total.